The van der Waals surface area contributed by atoms with Crippen LogP contribution in [-0.4, -0.2) is 35.6 Å². The van der Waals surface area contributed by atoms with Gasteiger partial charge in [0.15, 0.2) is 0 Å². The molecule has 0 aromatic carbocycles. The van der Waals surface area contributed by atoms with Crippen LogP contribution in [-0.2, 0) is 0 Å². The molecule has 0 aliphatic carbocycles. The van der Waals surface area contributed by atoms with E-state index in [9.17, 15) is 10.1 Å². The normalized spacial score (nSPS) is 17.4. The second-order valence-corrected chi connectivity index (χ2v) is 5.17. The van der Waals surface area contributed by atoms with E-state index in [4.69, 9.17) is 5.26 Å². The second-order valence-electron chi connectivity index (χ2n) is 5.17. The number of nitro groups is 1. The quantitative estimate of drug-likeness (QED) is 0.634. The van der Waals surface area contributed by atoms with Crippen molar-refractivity contribution in [2.45, 2.75) is 32.2 Å². The molecule has 112 valence electrons. The summed E-state index contributed by atoms with van der Waals surface area (Å²) in [7, 11) is 0. The van der Waals surface area contributed by atoms with Crippen LogP contribution in [0.5, 0.6) is 0 Å². The first kappa shape index (κ1) is 15.2. The molecule has 21 heavy (non-hydrogen) atoms. The number of anilines is 1. The molecule has 1 aliphatic heterocycles. The maximum Gasteiger partial charge on any atom is 0.312 e. The van der Waals surface area contributed by atoms with Crippen molar-refractivity contribution < 1.29 is 4.92 Å². The van der Waals surface area contributed by atoms with Crippen molar-refractivity contribution in [3.63, 3.8) is 0 Å². The third kappa shape index (κ3) is 3.67. The van der Waals surface area contributed by atoms with Gasteiger partial charge in [0.05, 0.1) is 10.5 Å². The molecule has 1 aliphatic rings. The third-order valence-electron chi connectivity index (χ3n) is 3.57. The molecule has 1 N–H and O–H groups in total. The van der Waals surface area contributed by atoms with Gasteiger partial charge < -0.3 is 10.2 Å². The Labute approximate surface area is 123 Å². The molecule has 1 unspecified atom stereocenters. The van der Waals surface area contributed by atoms with Gasteiger partial charge in [-0.25, -0.2) is 4.98 Å². The lowest BCUT2D eigenvalue weighted by Crippen LogP contribution is -2.38. The van der Waals surface area contributed by atoms with E-state index in [2.05, 4.69) is 10.3 Å². The zero-order valence-corrected chi connectivity index (χ0v) is 12.1. The van der Waals surface area contributed by atoms with E-state index in [1.54, 1.807) is 0 Å². The summed E-state index contributed by atoms with van der Waals surface area (Å²) >= 11 is 0. The van der Waals surface area contributed by atoms with Crippen LogP contribution >= 0.6 is 0 Å². The van der Waals surface area contributed by atoms with Gasteiger partial charge in [-0.2, -0.15) is 5.26 Å². The van der Waals surface area contributed by atoms with Crippen LogP contribution in [0.4, 0.5) is 11.5 Å². The average molecular weight is 289 g/mol. The van der Waals surface area contributed by atoms with Crippen LogP contribution in [0, 0.1) is 21.4 Å². The summed E-state index contributed by atoms with van der Waals surface area (Å²) in [6, 6.07) is 3.54. The van der Waals surface area contributed by atoms with E-state index in [0.717, 1.165) is 25.8 Å². The molecular weight excluding hydrogens is 270 g/mol. The second kappa shape index (κ2) is 6.99. The molecule has 7 nitrogen and oxygen atoms in total. The van der Waals surface area contributed by atoms with Gasteiger partial charge in [0.1, 0.15) is 6.07 Å². The topological polar surface area (TPSA) is 95.1 Å². The molecule has 0 amide bonds. The Bertz CT molecular complexity index is 549. The van der Waals surface area contributed by atoms with E-state index < -0.39 is 4.92 Å². The Morgan fingerprint density at radius 3 is 3.05 bits per heavy atom. The lowest BCUT2D eigenvalue weighted by Gasteiger charge is -2.26. The molecule has 0 saturated carbocycles. The van der Waals surface area contributed by atoms with Gasteiger partial charge >= 0.3 is 5.69 Å². The molecule has 2 rings (SSSR count). The van der Waals surface area contributed by atoms with Crippen molar-refractivity contribution in [3.8, 4) is 6.07 Å². The highest BCUT2D eigenvalue weighted by Crippen LogP contribution is 2.27. The summed E-state index contributed by atoms with van der Waals surface area (Å²) in [4.78, 5) is 16.9. The van der Waals surface area contributed by atoms with Gasteiger partial charge in [0.25, 0.3) is 0 Å². The highest BCUT2D eigenvalue weighted by molar-refractivity contribution is 5.60. The van der Waals surface area contributed by atoms with Crippen molar-refractivity contribution in [3.05, 3.63) is 27.9 Å². The minimum absolute atomic E-state index is 0.0968. The van der Waals surface area contributed by atoms with Crippen molar-refractivity contribution in [2.24, 2.45) is 0 Å². The van der Waals surface area contributed by atoms with E-state index in [0.29, 0.717) is 24.9 Å². The molecule has 2 heterocycles. The summed E-state index contributed by atoms with van der Waals surface area (Å²) in [6.45, 7) is 4.43. The molecule has 1 saturated heterocycles. The summed E-state index contributed by atoms with van der Waals surface area (Å²) < 4.78 is 0. The van der Waals surface area contributed by atoms with Gasteiger partial charge in [-0.1, -0.05) is 6.92 Å². The van der Waals surface area contributed by atoms with E-state index in [-0.39, 0.29) is 11.3 Å². The molecule has 0 bridgehead atoms. The number of hydrogen-bond acceptors (Lipinski definition) is 6. The van der Waals surface area contributed by atoms with E-state index in [1.807, 2.05) is 17.9 Å². The first-order chi connectivity index (χ1) is 10.2. The van der Waals surface area contributed by atoms with Gasteiger partial charge in [0, 0.05) is 31.4 Å². The minimum Gasteiger partial charge on any atom is -0.349 e. The Morgan fingerprint density at radius 1 is 1.67 bits per heavy atom. The number of rotatable bonds is 6. The highest BCUT2D eigenvalue weighted by Gasteiger charge is 2.25. The van der Waals surface area contributed by atoms with Gasteiger partial charge in [-0.15, -0.1) is 0 Å². The van der Waals surface area contributed by atoms with Gasteiger partial charge in [-0.05, 0) is 25.8 Å². The Balaban J connectivity index is 2.29. The molecule has 1 atom stereocenters. The summed E-state index contributed by atoms with van der Waals surface area (Å²) in [5.41, 5.74) is 0.112. The maximum atomic E-state index is 11.2. The Kier molecular flexibility index (Phi) is 5.06. The summed E-state index contributed by atoms with van der Waals surface area (Å²) in [6.07, 6.45) is 4.48. The summed E-state index contributed by atoms with van der Waals surface area (Å²) in [5.74, 6) is 0.356. The Hall–Kier alpha value is -2.20. The first-order valence-corrected chi connectivity index (χ1v) is 7.18. The number of aromatic nitrogens is 1. The molecule has 7 heteroatoms. The van der Waals surface area contributed by atoms with Crippen molar-refractivity contribution in [1.29, 1.82) is 5.26 Å². The van der Waals surface area contributed by atoms with Crippen LogP contribution in [0.2, 0.25) is 0 Å². The number of nitrogens with zero attached hydrogens (tertiary/aromatic N) is 4. The zero-order chi connectivity index (χ0) is 15.2. The predicted molar refractivity (Wildman–Crippen MR) is 79.1 cm³/mol. The highest BCUT2D eigenvalue weighted by atomic mass is 16.6. The van der Waals surface area contributed by atoms with E-state index in [1.165, 1.54) is 12.3 Å². The van der Waals surface area contributed by atoms with Crippen LogP contribution < -0.4 is 10.2 Å². The molecule has 0 radical (unpaired) electrons. The molecule has 1 aromatic rings. The molecule has 0 spiro atoms. The standard InChI is InChI=1S/C14H19N5O2/c1-2-6-18(10-12-4-3-5-16-12)14-13(19(20)21)7-11(8-15)9-17-14/h7,9,12,16H,2-6,10H2,1H3. The van der Waals surface area contributed by atoms with Gasteiger partial charge in [-0.3, -0.25) is 10.1 Å². The number of nitriles is 1. The smallest absolute Gasteiger partial charge is 0.312 e. The van der Waals surface area contributed by atoms with E-state index >= 15 is 0 Å². The number of pyridine rings is 1. The monoisotopic (exact) mass is 289 g/mol. The van der Waals surface area contributed by atoms with Gasteiger partial charge in [0.2, 0.25) is 5.82 Å². The summed E-state index contributed by atoms with van der Waals surface area (Å²) in [5, 5.41) is 23.5. The maximum absolute atomic E-state index is 11.2. The average Bonchev–Trinajstić information content (AvgIpc) is 2.99. The van der Waals surface area contributed by atoms with Crippen molar-refractivity contribution >= 4 is 11.5 Å². The number of hydrogen-bond donors (Lipinski definition) is 1. The fourth-order valence-corrected chi connectivity index (χ4v) is 2.62. The predicted octanol–water partition coefficient (Wildman–Crippen LogP) is 1.83. The minimum atomic E-state index is -0.464. The van der Waals surface area contributed by atoms with Crippen molar-refractivity contribution in [1.82, 2.24) is 10.3 Å². The lowest BCUT2D eigenvalue weighted by molar-refractivity contribution is -0.384. The number of nitrogens with one attached hydrogen (secondary N) is 1. The molecule has 1 aromatic heterocycles. The van der Waals surface area contributed by atoms with Crippen LogP contribution in [0.3, 0.4) is 0 Å². The zero-order valence-electron chi connectivity index (χ0n) is 12.1. The molecule has 1 fully saturated rings. The van der Waals surface area contributed by atoms with Crippen LogP contribution in [0.1, 0.15) is 31.7 Å². The molecular formula is C14H19N5O2. The fraction of sp³-hybridized carbons (Fsp3) is 0.571. The van der Waals surface area contributed by atoms with Crippen LogP contribution in [0.25, 0.3) is 0 Å². The fourth-order valence-electron chi connectivity index (χ4n) is 2.62. The lowest BCUT2D eigenvalue weighted by atomic mass is 10.2. The van der Waals surface area contributed by atoms with Crippen LogP contribution in [0.15, 0.2) is 12.3 Å². The Morgan fingerprint density at radius 2 is 2.48 bits per heavy atom. The SMILES string of the molecule is CCCN(CC1CCCN1)c1ncc(C#N)cc1[N+](=O)[O-]. The first-order valence-electron chi connectivity index (χ1n) is 7.18. The third-order valence-corrected chi connectivity index (χ3v) is 3.57. The van der Waals surface area contributed by atoms with Crippen molar-refractivity contribution in [2.75, 3.05) is 24.5 Å². The largest absolute Gasteiger partial charge is 0.349 e.